The molecule has 0 spiro atoms. The van der Waals surface area contributed by atoms with Gasteiger partial charge in [0.2, 0.25) is 5.91 Å². The van der Waals surface area contributed by atoms with Gasteiger partial charge in [-0.1, -0.05) is 6.07 Å². The first-order valence-corrected chi connectivity index (χ1v) is 9.24. The monoisotopic (exact) mass is 354 g/mol. The van der Waals surface area contributed by atoms with Crippen LogP contribution in [-0.2, 0) is 24.2 Å². The number of thiophene rings is 1. The molecule has 0 atom stereocenters. The lowest BCUT2D eigenvalue weighted by atomic mass is 9.97. The summed E-state index contributed by atoms with van der Waals surface area (Å²) in [6, 6.07) is 5.33. The van der Waals surface area contributed by atoms with E-state index < -0.39 is 0 Å². The van der Waals surface area contributed by atoms with Crippen LogP contribution in [0.15, 0.2) is 35.5 Å². The summed E-state index contributed by atoms with van der Waals surface area (Å²) in [6.07, 6.45) is 7.69. The summed E-state index contributed by atoms with van der Waals surface area (Å²) in [5, 5.41) is 3.49. The fourth-order valence-electron chi connectivity index (χ4n) is 3.20. The second-order valence-corrected chi connectivity index (χ2v) is 7.23. The molecule has 6 nitrogen and oxygen atoms in total. The van der Waals surface area contributed by atoms with Crippen molar-refractivity contribution in [3.05, 3.63) is 51.5 Å². The predicted octanol–water partition coefficient (Wildman–Crippen LogP) is 2.76. The van der Waals surface area contributed by atoms with Crippen LogP contribution in [0.2, 0.25) is 0 Å². The number of carbonyl (C=O) groups is 1. The fraction of sp³-hybridized carbons (Fsp3) is 0.333. The first-order valence-electron chi connectivity index (χ1n) is 8.43. The van der Waals surface area contributed by atoms with Gasteiger partial charge in [-0.15, -0.1) is 11.3 Å². The summed E-state index contributed by atoms with van der Waals surface area (Å²) in [6.45, 7) is 0.311. The maximum atomic E-state index is 12.8. The number of amides is 1. The number of rotatable bonds is 4. The first kappa shape index (κ1) is 16.0. The molecular weight excluding hydrogens is 336 g/mol. The molecule has 0 unspecified atom stereocenters. The third kappa shape index (κ3) is 3.19. The highest BCUT2D eigenvalue weighted by Gasteiger charge is 2.20. The van der Waals surface area contributed by atoms with Gasteiger partial charge in [0.1, 0.15) is 10.6 Å². The van der Waals surface area contributed by atoms with Gasteiger partial charge < -0.3 is 5.32 Å². The van der Waals surface area contributed by atoms with Crippen LogP contribution >= 0.6 is 11.3 Å². The predicted molar refractivity (Wildman–Crippen MR) is 98.0 cm³/mol. The zero-order chi connectivity index (χ0) is 17.2. The average Bonchev–Trinajstić information content (AvgIpc) is 3.01. The lowest BCUT2D eigenvalue weighted by Gasteiger charge is -2.10. The van der Waals surface area contributed by atoms with Gasteiger partial charge in [-0.05, 0) is 43.4 Å². The quantitative estimate of drug-likeness (QED) is 0.781. The van der Waals surface area contributed by atoms with Gasteiger partial charge in [0.15, 0.2) is 0 Å². The highest BCUT2D eigenvalue weighted by Crippen LogP contribution is 2.33. The van der Waals surface area contributed by atoms with Crippen LogP contribution < -0.4 is 10.9 Å². The molecule has 0 bridgehead atoms. The van der Waals surface area contributed by atoms with E-state index in [1.807, 2.05) is 6.07 Å². The molecule has 1 aliphatic rings. The average molecular weight is 354 g/mol. The minimum atomic E-state index is -0.168. The molecule has 0 radical (unpaired) electrons. The first-order chi connectivity index (χ1) is 12.2. The van der Waals surface area contributed by atoms with Crippen LogP contribution in [0.25, 0.3) is 10.2 Å². The van der Waals surface area contributed by atoms with Crippen molar-refractivity contribution in [2.75, 3.05) is 5.32 Å². The van der Waals surface area contributed by atoms with Crippen LogP contribution in [0, 0.1) is 0 Å². The standard InChI is InChI=1S/C18H18N4O2S/c23-15(21-14-7-3-4-9-19-14)8-10-22-11-20-17-16(18(22)24)12-5-1-2-6-13(12)25-17/h3-4,7,9,11H,1-2,5-6,8,10H2,(H,19,21,23). The van der Waals surface area contributed by atoms with Gasteiger partial charge in [0.25, 0.3) is 5.56 Å². The molecule has 7 heteroatoms. The van der Waals surface area contributed by atoms with E-state index in [4.69, 9.17) is 0 Å². The number of hydrogen-bond acceptors (Lipinski definition) is 5. The van der Waals surface area contributed by atoms with E-state index in [0.717, 1.165) is 29.5 Å². The lowest BCUT2D eigenvalue weighted by molar-refractivity contribution is -0.116. The van der Waals surface area contributed by atoms with E-state index >= 15 is 0 Å². The number of anilines is 1. The third-order valence-corrected chi connectivity index (χ3v) is 5.65. The molecule has 1 N–H and O–H groups in total. The van der Waals surface area contributed by atoms with E-state index in [1.54, 1.807) is 40.6 Å². The molecule has 0 fully saturated rings. The molecule has 25 heavy (non-hydrogen) atoms. The second-order valence-electron chi connectivity index (χ2n) is 6.15. The molecule has 0 aromatic carbocycles. The third-order valence-electron chi connectivity index (χ3n) is 4.45. The molecule has 3 aromatic rings. The van der Waals surface area contributed by atoms with Crippen molar-refractivity contribution in [1.29, 1.82) is 0 Å². The van der Waals surface area contributed by atoms with Crippen molar-refractivity contribution in [2.24, 2.45) is 0 Å². The van der Waals surface area contributed by atoms with Gasteiger partial charge in [0.05, 0.1) is 11.7 Å². The molecule has 3 heterocycles. The maximum absolute atomic E-state index is 12.8. The van der Waals surface area contributed by atoms with E-state index in [-0.39, 0.29) is 17.9 Å². The largest absolute Gasteiger partial charge is 0.311 e. The van der Waals surface area contributed by atoms with Crippen LogP contribution in [0.4, 0.5) is 5.82 Å². The van der Waals surface area contributed by atoms with Crippen LogP contribution in [0.1, 0.15) is 29.7 Å². The van der Waals surface area contributed by atoms with Crippen molar-refractivity contribution in [1.82, 2.24) is 14.5 Å². The zero-order valence-electron chi connectivity index (χ0n) is 13.7. The molecule has 1 amide bonds. The molecule has 4 rings (SSSR count). The lowest BCUT2D eigenvalue weighted by Crippen LogP contribution is -2.24. The number of hydrogen-bond donors (Lipinski definition) is 1. The van der Waals surface area contributed by atoms with Gasteiger partial charge in [0, 0.05) is 24.0 Å². The van der Waals surface area contributed by atoms with E-state index in [9.17, 15) is 9.59 Å². The van der Waals surface area contributed by atoms with Crippen molar-refractivity contribution in [3.63, 3.8) is 0 Å². The Kier molecular flexibility index (Phi) is 4.31. The number of aryl methyl sites for hydroxylation is 3. The van der Waals surface area contributed by atoms with Gasteiger partial charge in [-0.3, -0.25) is 14.2 Å². The number of nitrogens with zero attached hydrogens (tertiary/aromatic N) is 3. The topological polar surface area (TPSA) is 76.9 Å². The highest BCUT2D eigenvalue weighted by molar-refractivity contribution is 7.18. The molecule has 0 aliphatic heterocycles. The Bertz CT molecular complexity index is 978. The van der Waals surface area contributed by atoms with Crippen LogP contribution in [0.5, 0.6) is 0 Å². The van der Waals surface area contributed by atoms with E-state index in [2.05, 4.69) is 15.3 Å². The Morgan fingerprint density at radius 2 is 2.12 bits per heavy atom. The molecule has 3 aromatic heterocycles. The summed E-state index contributed by atoms with van der Waals surface area (Å²) in [7, 11) is 0. The van der Waals surface area contributed by atoms with Crippen molar-refractivity contribution in [2.45, 2.75) is 38.6 Å². The summed E-state index contributed by atoms with van der Waals surface area (Å²) < 4.78 is 1.54. The normalized spacial score (nSPS) is 13.6. The van der Waals surface area contributed by atoms with Crippen LogP contribution in [-0.4, -0.2) is 20.4 Å². The minimum absolute atomic E-state index is 0.0324. The Hall–Kier alpha value is -2.54. The summed E-state index contributed by atoms with van der Waals surface area (Å²) in [5.74, 6) is 0.346. The zero-order valence-corrected chi connectivity index (χ0v) is 14.5. The molecule has 0 saturated heterocycles. The SMILES string of the molecule is O=C(CCn1cnc2sc3c(c2c1=O)CCCC3)Nc1ccccn1. The number of nitrogens with one attached hydrogen (secondary N) is 1. The summed E-state index contributed by atoms with van der Waals surface area (Å²) in [5.41, 5.74) is 1.14. The Morgan fingerprint density at radius 3 is 2.96 bits per heavy atom. The van der Waals surface area contributed by atoms with E-state index in [1.165, 1.54) is 16.9 Å². The fourth-order valence-corrected chi connectivity index (χ4v) is 4.42. The van der Waals surface area contributed by atoms with Crippen molar-refractivity contribution < 1.29 is 4.79 Å². The van der Waals surface area contributed by atoms with Gasteiger partial charge in [-0.2, -0.15) is 0 Å². The molecular formula is C18H18N4O2S. The Balaban J connectivity index is 1.53. The summed E-state index contributed by atoms with van der Waals surface area (Å²) >= 11 is 1.64. The van der Waals surface area contributed by atoms with Gasteiger partial charge in [-0.25, -0.2) is 9.97 Å². The number of carbonyl (C=O) groups excluding carboxylic acids is 1. The smallest absolute Gasteiger partial charge is 0.262 e. The molecule has 1 aliphatic carbocycles. The Morgan fingerprint density at radius 1 is 1.24 bits per heavy atom. The Labute approximate surface area is 148 Å². The highest BCUT2D eigenvalue weighted by atomic mass is 32.1. The number of pyridine rings is 1. The summed E-state index contributed by atoms with van der Waals surface area (Å²) in [4.78, 5) is 35.5. The van der Waals surface area contributed by atoms with Crippen LogP contribution in [0.3, 0.4) is 0 Å². The second kappa shape index (κ2) is 6.76. The minimum Gasteiger partial charge on any atom is -0.311 e. The van der Waals surface area contributed by atoms with E-state index in [0.29, 0.717) is 12.4 Å². The number of fused-ring (bicyclic) bond motifs is 3. The van der Waals surface area contributed by atoms with Crippen molar-refractivity contribution >= 4 is 33.3 Å². The molecule has 0 saturated carbocycles. The molecule has 128 valence electrons. The van der Waals surface area contributed by atoms with Crippen molar-refractivity contribution in [3.8, 4) is 0 Å². The number of aromatic nitrogens is 3. The van der Waals surface area contributed by atoms with Gasteiger partial charge >= 0.3 is 0 Å². The maximum Gasteiger partial charge on any atom is 0.262 e.